The zero-order valence-corrected chi connectivity index (χ0v) is 18.9. The lowest BCUT2D eigenvalue weighted by molar-refractivity contribution is -0.712. The average Bonchev–Trinajstić information content (AvgIpc) is 3.24. The number of ether oxygens (including phenoxy) is 1. The van der Waals surface area contributed by atoms with E-state index in [2.05, 4.69) is 14.7 Å². The molecule has 34 heavy (non-hydrogen) atoms. The largest absolute Gasteiger partial charge is 0.756 e. The molecular weight excluding hydrogens is 490 g/mol. The van der Waals surface area contributed by atoms with E-state index in [-0.39, 0.29) is 16.7 Å². The molecule has 0 aliphatic heterocycles. The van der Waals surface area contributed by atoms with Crippen molar-refractivity contribution in [3.63, 3.8) is 0 Å². The van der Waals surface area contributed by atoms with Gasteiger partial charge in [-0.25, -0.2) is 13.9 Å². The molecule has 0 fully saturated rings. The number of hydrogen-bond acceptors (Lipinski definition) is 8. The van der Waals surface area contributed by atoms with Crippen LogP contribution in [0.3, 0.4) is 0 Å². The second kappa shape index (κ2) is 9.88. The van der Waals surface area contributed by atoms with Gasteiger partial charge >= 0.3 is 0 Å². The quantitative estimate of drug-likeness (QED) is 0.271. The minimum absolute atomic E-state index is 0.156. The van der Waals surface area contributed by atoms with Gasteiger partial charge in [-0.1, -0.05) is 28.9 Å². The van der Waals surface area contributed by atoms with Crippen LogP contribution in [-0.2, 0) is 22.2 Å². The van der Waals surface area contributed by atoms with Crippen LogP contribution in [0.4, 0.5) is 10.2 Å². The third-order valence-electron chi connectivity index (χ3n) is 4.60. The summed E-state index contributed by atoms with van der Waals surface area (Å²) in [4.78, 5) is 23.4. The summed E-state index contributed by atoms with van der Waals surface area (Å²) in [7, 11) is -4.90. The Morgan fingerprint density at radius 3 is 2.74 bits per heavy atom. The number of phosphoric ester groups is 1. The number of phosphoric acid groups is 1. The third kappa shape index (κ3) is 5.96. The number of anilines is 1. The molecule has 176 valence electrons. The van der Waals surface area contributed by atoms with Crippen molar-refractivity contribution in [3.8, 4) is 23.0 Å². The van der Waals surface area contributed by atoms with Gasteiger partial charge in [0.1, 0.15) is 11.3 Å². The van der Waals surface area contributed by atoms with E-state index in [1.54, 1.807) is 42.5 Å². The Bertz CT molecular complexity index is 1360. The Kier molecular flexibility index (Phi) is 6.92. The highest BCUT2D eigenvalue weighted by Crippen LogP contribution is 2.31. The highest BCUT2D eigenvalue weighted by atomic mass is 35.5. The molecule has 0 radical (unpaired) electrons. The molecule has 0 aliphatic rings. The minimum atomic E-state index is -4.90. The molecule has 4 aromatic rings. The van der Waals surface area contributed by atoms with Crippen molar-refractivity contribution in [1.29, 1.82) is 0 Å². The number of hydrogen-bond donors (Lipinski definition) is 2. The van der Waals surface area contributed by atoms with Gasteiger partial charge in [-0.2, -0.15) is 0 Å². The first kappa shape index (κ1) is 23.8. The predicted octanol–water partition coefficient (Wildman–Crippen LogP) is 3.22. The molecule has 0 aliphatic carbocycles. The van der Waals surface area contributed by atoms with Crippen LogP contribution in [0.2, 0.25) is 5.02 Å². The Balaban J connectivity index is 1.44. The summed E-state index contributed by atoms with van der Waals surface area (Å²) in [5, 5.41) is 4.22. The van der Waals surface area contributed by atoms with Crippen LogP contribution in [0.1, 0.15) is 11.3 Å². The van der Waals surface area contributed by atoms with E-state index in [0.29, 0.717) is 29.2 Å². The van der Waals surface area contributed by atoms with Crippen LogP contribution in [0.5, 0.6) is 11.6 Å². The molecule has 1 unspecified atom stereocenters. The number of nitrogens with zero attached hydrogens (tertiary/aromatic N) is 3. The van der Waals surface area contributed by atoms with Crippen LogP contribution in [0, 0.1) is 5.82 Å². The Labute approximate surface area is 197 Å². The topological polar surface area (TPSA) is 148 Å². The van der Waals surface area contributed by atoms with Crippen molar-refractivity contribution in [2.24, 2.45) is 0 Å². The number of aromatic nitrogens is 3. The fourth-order valence-electron chi connectivity index (χ4n) is 3.01. The van der Waals surface area contributed by atoms with Gasteiger partial charge in [0.05, 0.1) is 16.9 Å². The molecule has 1 aromatic carbocycles. The maximum absolute atomic E-state index is 13.8. The van der Waals surface area contributed by atoms with Crippen LogP contribution >= 0.6 is 19.4 Å². The van der Waals surface area contributed by atoms with Gasteiger partial charge in [0.15, 0.2) is 18.3 Å². The number of pyridine rings is 2. The van der Waals surface area contributed by atoms with E-state index in [1.807, 2.05) is 0 Å². The number of rotatable bonds is 8. The first-order valence-corrected chi connectivity index (χ1v) is 11.6. The summed E-state index contributed by atoms with van der Waals surface area (Å²) >= 11 is 5.69. The van der Waals surface area contributed by atoms with Crippen LogP contribution < -0.4 is 19.9 Å². The van der Waals surface area contributed by atoms with Gasteiger partial charge in [0.2, 0.25) is 0 Å². The van der Waals surface area contributed by atoms with Crippen LogP contribution in [0.25, 0.3) is 11.3 Å². The second-order valence-corrected chi connectivity index (χ2v) is 8.68. The Morgan fingerprint density at radius 1 is 1.26 bits per heavy atom. The number of nitrogens with two attached hydrogens (primary N) is 1. The lowest BCUT2D eigenvalue weighted by atomic mass is 10.1. The Morgan fingerprint density at radius 2 is 2.03 bits per heavy atom. The van der Waals surface area contributed by atoms with Crippen molar-refractivity contribution in [1.82, 2.24) is 10.1 Å². The molecule has 1 atom stereocenters. The van der Waals surface area contributed by atoms with E-state index in [1.165, 1.54) is 17.0 Å². The molecule has 13 heteroatoms. The normalized spacial score (nSPS) is 12.9. The monoisotopic (exact) mass is 506 g/mol. The summed E-state index contributed by atoms with van der Waals surface area (Å²) in [5.74, 6) is 0.0628. The van der Waals surface area contributed by atoms with Crippen molar-refractivity contribution < 1.29 is 37.1 Å². The third-order valence-corrected chi connectivity index (χ3v) is 5.24. The van der Waals surface area contributed by atoms with Crippen molar-refractivity contribution in [2.45, 2.75) is 13.2 Å². The lowest BCUT2D eigenvalue weighted by Crippen LogP contribution is -2.38. The molecule has 3 N–H and O–H groups in total. The highest BCUT2D eigenvalue weighted by molar-refractivity contribution is 7.44. The zero-order valence-electron chi connectivity index (χ0n) is 17.3. The molecule has 0 amide bonds. The highest BCUT2D eigenvalue weighted by Gasteiger charge is 2.18. The maximum atomic E-state index is 13.8. The van der Waals surface area contributed by atoms with Crippen molar-refractivity contribution >= 4 is 25.2 Å². The summed E-state index contributed by atoms with van der Waals surface area (Å²) in [6.07, 6.45) is 3.21. The number of nitrogen functional groups attached to an aromatic ring is 1. The van der Waals surface area contributed by atoms with Gasteiger partial charge in [0.25, 0.3) is 19.5 Å². The van der Waals surface area contributed by atoms with E-state index >= 15 is 0 Å². The SMILES string of the molecule is Nc1c(-c2cc(Cc3ccc(Oc4ncc(Cl)cc4F)cc3)no2)ccc[n+]1COP(=O)([O-])O. The molecule has 3 heterocycles. The van der Waals surface area contributed by atoms with Gasteiger partial charge in [-0.15, -0.1) is 0 Å². The van der Waals surface area contributed by atoms with E-state index < -0.39 is 20.4 Å². The summed E-state index contributed by atoms with van der Waals surface area (Å²) < 4.78 is 41.2. The Hall–Kier alpha value is -3.34. The predicted molar refractivity (Wildman–Crippen MR) is 116 cm³/mol. The molecule has 0 bridgehead atoms. The standard InChI is InChI=1S/C21H17ClFN4O6P/c22-14-9-18(23)21(25-11-14)32-16-5-3-13(4-6-16)8-15-10-19(33-26-15)17-2-1-7-27(20(17)24)12-31-34(28,29)30/h1-7,9-11,24H,8,12H2,(H2,28,29,30). The molecular formula is C21H17ClFN4O6P. The lowest BCUT2D eigenvalue weighted by Gasteiger charge is -2.14. The molecule has 10 nitrogen and oxygen atoms in total. The van der Waals surface area contributed by atoms with Crippen molar-refractivity contribution in [3.05, 3.63) is 83.0 Å². The average molecular weight is 507 g/mol. The van der Waals surface area contributed by atoms with E-state index in [9.17, 15) is 13.8 Å². The number of benzene rings is 1. The fraction of sp³-hybridized carbons (Fsp3) is 0.0952. The van der Waals surface area contributed by atoms with E-state index in [4.69, 9.17) is 31.5 Å². The molecule has 3 aromatic heterocycles. The smallest absolute Gasteiger partial charge is 0.285 e. The second-order valence-electron chi connectivity index (χ2n) is 7.05. The summed E-state index contributed by atoms with van der Waals surface area (Å²) in [6, 6.07) is 13.0. The van der Waals surface area contributed by atoms with Crippen molar-refractivity contribution in [2.75, 3.05) is 5.73 Å². The van der Waals surface area contributed by atoms with Gasteiger partial charge < -0.3 is 19.0 Å². The molecule has 0 spiro atoms. The first-order valence-electron chi connectivity index (χ1n) is 9.68. The first-order chi connectivity index (χ1) is 16.2. The summed E-state index contributed by atoms with van der Waals surface area (Å²) in [5.41, 5.74) is 8.03. The maximum Gasteiger partial charge on any atom is 0.285 e. The molecule has 0 saturated heterocycles. The summed E-state index contributed by atoms with van der Waals surface area (Å²) in [6.45, 7) is -0.498. The number of halogens is 2. The van der Waals surface area contributed by atoms with Gasteiger partial charge in [-0.05, 0) is 35.9 Å². The van der Waals surface area contributed by atoms with Crippen LogP contribution in [-0.4, -0.2) is 15.0 Å². The van der Waals surface area contributed by atoms with Crippen LogP contribution in [0.15, 0.2) is 65.4 Å². The molecule has 0 saturated carbocycles. The minimum Gasteiger partial charge on any atom is -0.756 e. The molecule has 4 rings (SSSR count). The zero-order chi connectivity index (χ0) is 24.3. The van der Waals surface area contributed by atoms with Gasteiger partial charge in [-0.3, -0.25) is 14.8 Å². The van der Waals surface area contributed by atoms with E-state index in [0.717, 1.165) is 11.6 Å². The van der Waals surface area contributed by atoms with Gasteiger partial charge in [0, 0.05) is 18.7 Å². The fourth-order valence-corrected chi connectivity index (χ4v) is 3.43.